The summed E-state index contributed by atoms with van der Waals surface area (Å²) in [5.74, 6) is 0.0184. The molecule has 2 aromatic carbocycles. The minimum atomic E-state index is 0.0184. The molecule has 0 aliphatic heterocycles. The molecule has 0 radical (unpaired) electrons. The molecular weight excluding hydrogens is 268 g/mol. The summed E-state index contributed by atoms with van der Waals surface area (Å²) in [6, 6.07) is 17.3. The molecule has 20 heavy (non-hydrogen) atoms. The molecule has 3 nitrogen and oxygen atoms in total. The fraction of sp³-hybridized carbons (Fsp3) is 0.125. The topological polar surface area (TPSA) is 33.2 Å². The zero-order valence-corrected chi connectivity index (χ0v) is 11.9. The van der Waals surface area contributed by atoms with Crippen LogP contribution in [0.3, 0.4) is 0 Å². The average molecular weight is 282 g/mol. The van der Waals surface area contributed by atoms with E-state index in [1.807, 2.05) is 48.5 Å². The van der Waals surface area contributed by atoms with Gasteiger partial charge in [-0.25, -0.2) is 4.98 Å². The van der Waals surface area contributed by atoms with Gasteiger partial charge in [-0.2, -0.15) is 0 Å². The van der Waals surface area contributed by atoms with Crippen LogP contribution in [-0.2, 0) is 6.54 Å². The van der Waals surface area contributed by atoms with Gasteiger partial charge in [0.1, 0.15) is 5.01 Å². The van der Waals surface area contributed by atoms with Crippen LogP contribution < -0.4 is 0 Å². The van der Waals surface area contributed by atoms with E-state index in [1.54, 1.807) is 23.3 Å². The third kappa shape index (κ3) is 2.56. The Hall–Kier alpha value is -2.20. The lowest BCUT2D eigenvalue weighted by Gasteiger charge is -2.15. The first-order valence-electron chi connectivity index (χ1n) is 6.39. The number of carbonyl (C=O) groups is 1. The normalized spacial score (nSPS) is 10.7. The highest BCUT2D eigenvalue weighted by Crippen LogP contribution is 2.22. The molecule has 0 spiro atoms. The van der Waals surface area contributed by atoms with Gasteiger partial charge in [0.2, 0.25) is 0 Å². The fourth-order valence-electron chi connectivity index (χ4n) is 2.06. The third-order valence-corrected chi connectivity index (χ3v) is 4.10. The van der Waals surface area contributed by atoms with Crippen molar-refractivity contribution in [3.05, 3.63) is 65.2 Å². The van der Waals surface area contributed by atoms with Crippen molar-refractivity contribution < 1.29 is 4.79 Å². The van der Waals surface area contributed by atoms with Crippen molar-refractivity contribution >= 4 is 27.5 Å². The van der Waals surface area contributed by atoms with E-state index in [2.05, 4.69) is 11.1 Å². The van der Waals surface area contributed by atoms with Crippen molar-refractivity contribution in [3.63, 3.8) is 0 Å². The van der Waals surface area contributed by atoms with Crippen molar-refractivity contribution in [1.29, 1.82) is 0 Å². The van der Waals surface area contributed by atoms with E-state index in [0.29, 0.717) is 12.1 Å². The second kappa shape index (κ2) is 5.43. The molecule has 1 heterocycles. The Morgan fingerprint density at radius 1 is 1.10 bits per heavy atom. The van der Waals surface area contributed by atoms with Crippen LogP contribution in [0.5, 0.6) is 0 Å². The number of nitrogens with zero attached hydrogens (tertiary/aromatic N) is 2. The quantitative estimate of drug-likeness (QED) is 0.736. The molecule has 0 fully saturated rings. The molecule has 4 heteroatoms. The van der Waals surface area contributed by atoms with Gasteiger partial charge in [-0.3, -0.25) is 4.79 Å². The van der Waals surface area contributed by atoms with Crippen LogP contribution in [0.25, 0.3) is 10.2 Å². The number of benzene rings is 2. The third-order valence-electron chi connectivity index (χ3n) is 3.08. The highest BCUT2D eigenvalue weighted by Gasteiger charge is 2.13. The van der Waals surface area contributed by atoms with Gasteiger partial charge in [-0.05, 0) is 24.3 Å². The first kappa shape index (κ1) is 12.8. The van der Waals surface area contributed by atoms with Gasteiger partial charge >= 0.3 is 0 Å². The maximum Gasteiger partial charge on any atom is 0.253 e. The summed E-state index contributed by atoms with van der Waals surface area (Å²) in [6.45, 7) is 0.535. The number of rotatable bonds is 3. The van der Waals surface area contributed by atoms with E-state index in [1.165, 1.54) is 0 Å². The summed E-state index contributed by atoms with van der Waals surface area (Å²) in [4.78, 5) is 18.5. The van der Waals surface area contributed by atoms with E-state index in [4.69, 9.17) is 0 Å². The predicted molar refractivity (Wildman–Crippen MR) is 81.9 cm³/mol. The molecule has 1 aromatic heterocycles. The lowest BCUT2D eigenvalue weighted by atomic mass is 10.2. The van der Waals surface area contributed by atoms with Crippen molar-refractivity contribution in [2.45, 2.75) is 6.54 Å². The Kier molecular flexibility index (Phi) is 3.48. The average Bonchev–Trinajstić information content (AvgIpc) is 2.89. The van der Waals surface area contributed by atoms with Crippen LogP contribution in [0.15, 0.2) is 54.6 Å². The highest BCUT2D eigenvalue weighted by molar-refractivity contribution is 7.18. The molecule has 0 unspecified atom stereocenters. The van der Waals surface area contributed by atoms with Crippen molar-refractivity contribution in [1.82, 2.24) is 9.88 Å². The zero-order valence-electron chi connectivity index (χ0n) is 11.1. The molecule has 0 atom stereocenters. The highest BCUT2D eigenvalue weighted by atomic mass is 32.1. The van der Waals surface area contributed by atoms with Crippen LogP contribution in [0.2, 0.25) is 0 Å². The first-order valence-corrected chi connectivity index (χ1v) is 7.20. The van der Waals surface area contributed by atoms with E-state index in [-0.39, 0.29) is 5.91 Å². The maximum atomic E-state index is 12.3. The smallest absolute Gasteiger partial charge is 0.253 e. The Bertz CT molecular complexity index is 703. The van der Waals surface area contributed by atoms with Crippen LogP contribution in [0.4, 0.5) is 0 Å². The number of amides is 1. The van der Waals surface area contributed by atoms with Crippen molar-refractivity contribution in [2.75, 3.05) is 7.05 Å². The number of aromatic nitrogens is 1. The molecule has 0 aliphatic rings. The summed E-state index contributed by atoms with van der Waals surface area (Å²) in [6.07, 6.45) is 0. The van der Waals surface area contributed by atoms with Gasteiger partial charge in [0, 0.05) is 12.6 Å². The summed E-state index contributed by atoms with van der Waals surface area (Å²) in [5.41, 5.74) is 1.70. The summed E-state index contributed by atoms with van der Waals surface area (Å²) in [5, 5.41) is 0.956. The molecule has 0 saturated carbocycles. The van der Waals surface area contributed by atoms with Gasteiger partial charge < -0.3 is 4.90 Å². The second-order valence-corrected chi connectivity index (χ2v) is 5.72. The summed E-state index contributed by atoms with van der Waals surface area (Å²) < 4.78 is 1.16. The summed E-state index contributed by atoms with van der Waals surface area (Å²) in [7, 11) is 1.81. The minimum absolute atomic E-state index is 0.0184. The molecule has 0 N–H and O–H groups in total. The van der Waals surface area contributed by atoms with E-state index in [0.717, 1.165) is 15.2 Å². The van der Waals surface area contributed by atoms with E-state index < -0.39 is 0 Å². The van der Waals surface area contributed by atoms with Crippen molar-refractivity contribution in [2.24, 2.45) is 0 Å². The Morgan fingerprint density at radius 3 is 2.55 bits per heavy atom. The van der Waals surface area contributed by atoms with Crippen molar-refractivity contribution in [3.8, 4) is 0 Å². The molecule has 1 amide bonds. The number of thiazole rings is 1. The molecule has 0 bridgehead atoms. The maximum absolute atomic E-state index is 12.3. The largest absolute Gasteiger partial charge is 0.335 e. The lowest BCUT2D eigenvalue weighted by molar-refractivity contribution is 0.0785. The standard InChI is InChI=1S/C16H14N2OS/c1-18(16(19)12-7-3-2-4-8-12)11-15-17-13-9-5-6-10-14(13)20-15/h2-10H,11H2,1H3. The predicted octanol–water partition coefficient (Wildman–Crippen LogP) is 3.57. The second-order valence-electron chi connectivity index (χ2n) is 4.60. The lowest BCUT2D eigenvalue weighted by Crippen LogP contribution is -2.26. The summed E-state index contributed by atoms with van der Waals surface area (Å²) >= 11 is 1.63. The Morgan fingerprint density at radius 2 is 1.80 bits per heavy atom. The zero-order chi connectivity index (χ0) is 13.9. The number of hydrogen-bond acceptors (Lipinski definition) is 3. The van der Waals surface area contributed by atoms with Gasteiger partial charge in [-0.1, -0.05) is 30.3 Å². The SMILES string of the molecule is CN(Cc1nc2ccccc2s1)C(=O)c1ccccc1. The monoisotopic (exact) mass is 282 g/mol. The van der Waals surface area contributed by atoms with Crippen LogP contribution in [-0.4, -0.2) is 22.8 Å². The van der Waals surface area contributed by atoms with Gasteiger partial charge in [-0.15, -0.1) is 11.3 Å². The molecule has 3 aromatic rings. The number of para-hydroxylation sites is 1. The number of carbonyl (C=O) groups excluding carboxylic acids is 1. The molecule has 0 aliphatic carbocycles. The fourth-order valence-corrected chi connectivity index (χ4v) is 3.08. The van der Waals surface area contributed by atoms with E-state index >= 15 is 0 Å². The minimum Gasteiger partial charge on any atom is -0.335 e. The van der Waals surface area contributed by atoms with Gasteiger partial charge in [0.25, 0.3) is 5.91 Å². The molecular formula is C16H14N2OS. The first-order chi connectivity index (χ1) is 9.74. The van der Waals surface area contributed by atoms with Gasteiger partial charge in [0.15, 0.2) is 0 Å². The number of hydrogen-bond donors (Lipinski definition) is 0. The van der Waals surface area contributed by atoms with Crippen LogP contribution in [0.1, 0.15) is 15.4 Å². The molecule has 100 valence electrons. The Labute approximate surface area is 121 Å². The van der Waals surface area contributed by atoms with Crippen LogP contribution >= 0.6 is 11.3 Å². The van der Waals surface area contributed by atoms with E-state index in [9.17, 15) is 4.79 Å². The molecule has 3 rings (SSSR count). The number of fused-ring (bicyclic) bond motifs is 1. The van der Waals surface area contributed by atoms with Gasteiger partial charge in [0.05, 0.1) is 16.8 Å². The Balaban J connectivity index is 1.78. The van der Waals surface area contributed by atoms with Crippen LogP contribution in [0, 0.1) is 0 Å². The molecule has 0 saturated heterocycles.